The van der Waals surface area contributed by atoms with Gasteiger partial charge in [0, 0.05) is 5.41 Å². The van der Waals surface area contributed by atoms with E-state index in [-0.39, 0.29) is 23.0 Å². The summed E-state index contributed by atoms with van der Waals surface area (Å²) in [4.78, 5) is 0.150. The quantitative estimate of drug-likeness (QED) is 0.819. The van der Waals surface area contributed by atoms with Gasteiger partial charge in [0.1, 0.15) is 6.10 Å². The lowest BCUT2D eigenvalue weighted by molar-refractivity contribution is -0.189. The van der Waals surface area contributed by atoms with Crippen molar-refractivity contribution >= 4 is 10.1 Å². The Morgan fingerprint density at radius 1 is 1.35 bits per heavy atom. The molecule has 1 aromatic carbocycles. The van der Waals surface area contributed by atoms with Gasteiger partial charge in [0.25, 0.3) is 10.1 Å². The van der Waals surface area contributed by atoms with Crippen molar-refractivity contribution in [3.05, 3.63) is 29.8 Å². The Morgan fingerprint density at radius 3 is 2.74 bits per heavy atom. The van der Waals surface area contributed by atoms with Gasteiger partial charge in [-0.2, -0.15) is 8.42 Å². The first-order chi connectivity index (χ1) is 10.8. The summed E-state index contributed by atoms with van der Waals surface area (Å²) in [5.74, 6) is 0. The standard InChI is InChI=1S/C16H22O6S/c1-11-3-5-12(6-4-11)23(18,19)21-8-7-16(2)9-13(17)15-20-10-14(16)22-15/h3-6,13-15,17H,7-10H2,1-2H3/t13-,14+,15+,16-/m0/s1. The Bertz CT molecular complexity index is 656. The highest BCUT2D eigenvalue weighted by molar-refractivity contribution is 7.86. The van der Waals surface area contributed by atoms with Gasteiger partial charge < -0.3 is 14.6 Å². The second-order valence-electron chi connectivity index (χ2n) is 6.59. The van der Waals surface area contributed by atoms with E-state index in [4.69, 9.17) is 13.7 Å². The average molecular weight is 342 g/mol. The van der Waals surface area contributed by atoms with Crippen molar-refractivity contribution in [3.8, 4) is 0 Å². The summed E-state index contributed by atoms with van der Waals surface area (Å²) in [6, 6.07) is 6.54. The zero-order valence-electron chi connectivity index (χ0n) is 13.3. The molecule has 2 fully saturated rings. The molecule has 0 aliphatic carbocycles. The maximum atomic E-state index is 12.2. The van der Waals surface area contributed by atoms with Crippen LogP contribution in [0.15, 0.2) is 29.2 Å². The number of rotatable bonds is 5. The predicted molar refractivity (Wildman–Crippen MR) is 82.3 cm³/mol. The van der Waals surface area contributed by atoms with Gasteiger partial charge in [0.05, 0.1) is 24.2 Å². The maximum absolute atomic E-state index is 12.2. The van der Waals surface area contributed by atoms with Crippen molar-refractivity contribution in [3.63, 3.8) is 0 Å². The Hall–Kier alpha value is -0.990. The summed E-state index contributed by atoms with van der Waals surface area (Å²) in [7, 11) is -3.77. The topological polar surface area (TPSA) is 82.1 Å². The van der Waals surface area contributed by atoms with Gasteiger partial charge in [-0.3, -0.25) is 4.18 Å². The number of hydrogen-bond donors (Lipinski definition) is 1. The molecule has 2 heterocycles. The van der Waals surface area contributed by atoms with E-state index in [1.807, 2.05) is 13.8 Å². The summed E-state index contributed by atoms with van der Waals surface area (Å²) in [6.07, 6.45) is -0.397. The van der Waals surface area contributed by atoms with Gasteiger partial charge in [-0.25, -0.2) is 0 Å². The zero-order chi connectivity index (χ0) is 16.7. The molecule has 0 amide bonds. The lowest BCUT2D eigenvalue weighted by atomic mass is 9.75. The van der Waals surface area contributed by atoms with Crippen molar-refractivity contribution in [1.82, 2.24) is 0 Å². The van der Waals surface area contributed by atoms with Crippen LogP contribution in [0.25, 0.3) is 0 Å². The first-order valence-corrected chi connectivity index (χ1v) is 9.12. The molecule has 2 saturated heterocycles. The van der Waals surface area contributed by atoms with Crippen LogP contribution in [0, 0.1) is 12.3 Å². The third kappa shape index (κ3) is 3.44. The first-order valence-electron chi connectivity index (χ1n) is 7.71. The van der Waals surface area contributed by atoms with E-state index in [9.17, 15) is 13.5 Å². The summed E-state index contributed by atoms with van der Waals surface area (Å²) < 4.78 is 40.5. The molecule has 7 heteroatoms. The largest absolute Gasteiger partial charge is 0.388 e. The second kappa shape index (κ2) is 6.14. The van der Waals surface area contributed by atoms with Crippen molar-refractivity contribution < 1.29 is 27.2 Å². The highest BCUT2D eigenvalue weighted by atomic mass is 32.2. The van der Waals surface area contributed by atoms with Gasteiger partial charge in [-0.15, -0.1) is 0 Å². The summed E-state index contributed by atoms with van der Waals surface area (Å²) in [5.41, 5.74) is 0.621. The van der Waals surface area contributed by atoms with Gasteiger partial charge in [-0.1, -0.05) is 24.6 Å². The Morgan fingerprint density at radius 2 is 2.04 bits per heavy atom. The number of benzene rings is 1. The molecule has 0 aromatic heterocycles. The van der Waals surface area contributed by atoms with Crippen molar-refractivity contribution in [1.29, 1.82) is 0 Å². The molecule has 128 valence electrons. The fourth-order valence-corrected chi connectivity index (χ4v) is 4.02. The van der Waals surface area contributed by atoms with Crippen molar-refractivity contribution in [2.75, 3.05) is 13.2 Å². The van der Waals surface area contributed by atoms with Crippen LogP contribution in [0.2, 0.25) is 0 Å². The van der Waals surface area contributed by atoms with Crippen LogP contribution in [0.3, 0.4) is 0 Å². The van der Waals surface area contributed by atoms with E-state index in [2.05, 4.69) is 0 Å². The van der Waals surface area contributed by atoms with E-state index >= 15 is 0 Å². The van der Waals surface area contributed by atoms with E-state index in [1.165, 1.54) is 12.1 Å². The SMILES string of the molecule is Cc1ccc(S(=O)(=O)OCC[C@@]2(C)C[C@H](O)[C@@H]3OC[C@H]2O3)cc1. The van der Waals surface area contributed by atoms with E-state index in [0.29, 0.717) is 19.4 Å². The smallest absolute Gasteiger partial charge is 0.296 e. The van der Waals surface area contributed by atoms with Gasteiger partial charge in [-0.05, 0) is 31.9 Å². The average Bonchev–Trinajstić information content (AvgIpc) is 2.93. The van der Waals surface area contributed by atoms with Crippen LogP contribution in [0.4, 0.5) is 0 Å². The third-order valence-electron chi connectivity index (χ3n) is 4.70. The number of hydrogen-bond acceptors (Lipinski definition) is 6. The minimum atomic E-state index is -3.77. The van der Waals surface area contributed by atoms with Crippen LogP contribution < -0.4 is 0 Å². The molecule has 23 heavy (non-hydrogen) atoms. The van der Waals surface area contributed by atoms with Gasteiger partial charge in [0.2, 0.25) is 0 Å². The predicted octanol–water partition coefficient (Wildman–Crippen LogP) is 1.60. The minimum absolute atomic E-state index is 0.0456. The lowest BCUT2D eigenvalue weighted by Gasteiger charge is -2.40. The summed E-state index contributed by atoms with van der Waals surface area (Å²) in [6.45, 7) is 4.32. The molecule has 2 bridgehead atoms. The Kier molecular flexibility index (Phi) is 4.50. The van der Waals surface area contributed by atoms with E-state index in [1.54, 1.807) is 12.1 Å². The first kappa shape index (κ1) is 16.9. The van der Waals surface area contributed by atoms with Gasteiger partial charge >= 0.3 is 0 Å². The van der Waals surface area contributed by atoms with Gasteiger partial charge in [0.15, 0.2) is 6.29 Å². The van der Waals surface area contributed by atoms with Crippen LogP contribution in [0.5, 0.6) is 0 Å². The van der Waals surface area contributed by atoms with E-state index < -0.39 is 22.5 Å². The molecule has 6 nitrogen and oxygen atoms in total. The molecule has 3 rings (SSSR count). The number of aryl methyl sites for hydroxylation is 1. The Balaban J connectivity index is 1.61. The summed E-state index contributed by atoms with van der Waals surface area (Å²) in [5, 5.41) is 9.99. The fraction of sp³-hybridized carbons (Fsp3) is 0.625. The van der Waals surface area contributed by atoms with Crippen LogP contribution in [0.1, 0.15) is 25.3 Å². The molecule has 4 atom stereocenters. The highest BCUT2D eigenvalue weighted by Gasteiger charge is 2.50. The number of ether oxygens (including phenoxy) is 2. The molecule has 0 radical (unpaired) electrons. The third-order valence-corrected chi connectivity index (χ3v) is 6.02. The fourth-order valence-electron chi connectivity index (χ4n) is 3.12. The van der Waals surface area contributed by atoms with Crippen LogP contribution in [-0.2, 0) is 23.8 Å². The molecule has 2 aliphatic heterocycles. The van der Waals surface area contributed by atoms with E-state index in [0.717, 1.165) is 5.56 Å². The molecular weight excluding hydrogens is 320 g/mol. The molecule has 0 saturated carbocycles. The Labute approximate surface area is 136 Å². The molecule has 1 N–H and O–H groups in total. The van der Waals surface area contributed by atoms with Crippen molar-refractivity contribution in [2.24, 2.45) is 5.41 Å². The van der Waals surface area contributed by atoms with Crippen LogP contribution >= 0.6 is 0 Å². The molecule has 0 spiro atoms. The van der Waals surface area contributed by atoms with Crippen LogP contribution in [-0.4, -0.2) is 45.2 Å². The van der Waals surface area contributed by atoms with Crippen molar-refractivity contribution in [2.45, 2.75) is 50.1 Å². The minimum Gasteiger partial charge on any atom is -0.388 e. The summed E-state index contributed by atoms with van der Waals surface area (Å²) >= 11 is 0. The maximum Gasteiger partial charge on any atom is 0.296 e. The lowest BCUT2D eigenvalue weighted by Crippen LogP contribution is -2.46. The number of fused-ring (bicyclic) bond motifs is 2. The molecule has 1 aromatic rings. The molecule has 2 aliphatic rings. The highest BCUT2D eigenvalue weighted by Crippen LogP contribution is 2.43. The normalized spacial score (nSPS) is 33.8. The molecular formula is C16H22O6S. The number of aliphatic hydroxyl groups excluding tert-OH is 1. The number of aliphatic hydroxyl groups is 1. The molecule has 0 unspecified atom stereocenters. The monoisotopic (exact) mass is 342 g/mol. The zero-order valence-corrected chi connectivity index (χ0v) is 14.1. The second-order valence-corrected chi connectivity index (χ2v) is 8.21.